The van der Waals surface area contributed by atoms with E-state index < -0.39 is 5.97 Å². The minimum Gasteiger partial charge on any atom is -0.494 e. The van der Waals surface area contributed by atoms with E-state index in [1.165, 1.54) is 64.2 Å². The second-order valence-electron chi connectivity index (χ2n) is 14.2. The lowest BCUT2D eigenvalue weighted by Crippen LogP contribution is -2.11. The van der Waals surface area contributed by atoms with Crippen LogP contribution in [0.5, 0.6) is 23.0 Å². The number of carbonyl (C=O) groups excluding carboxylic acids is 2. The zero-order valence-corrected chi connectivity index (χ0v) is 33.6. The summed E-state index contributed by atoms with van der Waals surface area (Å²) in [6.45, 7) is 6.42. The van der Waals surface area contributed by atoms with Crippen LogP contribution in [0.3, 0.4) is 0 Å². The number of esters is 1. The third-order valence-electron chi connectivity index (χ3n) is 9.33. The van der Waals surface area contributed by atoms with E-state index in [2.05, 4.69) is 31.0 Å². The fourth-order valence-corrected chi connectivity index (χ4v) is 6.02. The zero-order valence-electron chi connectivity index (χ0n) is 33.6. The first kappa shape index (κ1) is 43.5. The van der Waals surface area contributed by atoms with Gasteiger partial charge in [-0.2, -0.15) is 0 Å². The maximum atomic E-state index is 12.7. The molecular formula is C49H61NO6. The van der Waals surface area contributed by atoms with Gasteiger partial charge in [-0.05, 0) is 117 Å². The zero-order chi connectivity index (χ0) is 39.5. The molecular weight excluding hydrogens is 699 g/mol. The Kier molecular flexibility index (Phi) is 20.6. The topological polar surface area (TPSA) is 83.1 Å². The predicted molar refractivity (Wildman–Crippen MR) is 227 cm³/mol. The Bertz CT molecular complexity index is 1760. The van der Waals surface area contributed by atoms with Crippen LogP contribution in [-0.4, -0.2) is 31.7 Å². The Balaban J connectivity index is 1.07. The Hall–Kier alpha value is -5.22. The highest BCUT2D eigenvalue weighted by Gasteiger charge is 2.09. The van der Waals surface area contributed by atoms with Crippen LogP contribution >= 0.6 is 0 Å². The van der Waals surface area contributed by atoms with Crippen molar-refractivity contribution in [3.63, 3.8) is 0 Å². The van der Waals surface area contributed by atoms with E-state index in [4.69, 9.17) is 18.9 Å². The number of amides is 1. The van der Waals surface area contributed by atoms with Gasteiger partial charge in [0.25, 0.3) is 0 Å². The van der Waals surface area contributed by atoms with Crippen molar-refractivity contribution in [2.75, 3.05) is 25.1 Å². The van der Waals surface area contributed by atoms with Gasteiger partial charge in [0.1, 0.15) is 23.0 Å². The van der Waals surface area contributed by atoms with Gasteiger partial charge in [-0.15, -0.1) is 0 Å². The number of anilines is 1. The van der Waals surface area contributed by atoms with Gasteiger partial charge in [-0.25, -0.2) is 4.79 Å². The summed E-state index contributed by atoms with van der Waals surface area (Å²) in [7, 11) is 0. The number of hydrogen-bond donors (Lipinski definition) is 1. The van der Waals surface area contributed by atoms with Crippen molar-refractivity contribution in [3.05, 3.63) is 114 Å². The minimum absolute atomic E-state index is 0.0108. The van der Waals surface area contributed by atoms with Crippen LogP contribution in [0.1, 0.15) is 138 Å². The molecule has 0 aromatic heterocycles. The first-order valence-corrected chi connectivity index (χ1v) is 20.8. The molecule has 0 unspecified atom stereocenters. The number of carbonyl (C=O) groups is 2. The molecule has 7 nitrogen and oxygen atoms in total. The number of benzene rings is 4. The third kappa shape index (κ3) is 17.9. The van der Waals surface area contributed by atoms with Gasteiger partial charge in [0, 0.05) is 29.3 Å². The second-order valence-corrected chi connectivity index (χ2v) is 14.2. The molecule has 0 radical (unpaired) electrons. The largest absolute Gasteiger partial charge is 0.494 e. The van der Waals surface area contributed by atoms with Crippen molar-refractivity contribution in [1.29, 1.82) is 0 Å². The molecule has 0 atom stereocenters. The summed E-state index contributed by atoms with van der Waals surface area (Å²) in [5.41, 5.74) is 2.92. The van der Waals surface area contributed by atoms with Gasteiger partial charge < -0.3 is 24.3 Å². The summed E-state index contributed by atoms with van der Waals surface area (Å²) < 4.78 is 23.2. The van der Waals surface area contributed by atoms with Crippen molar-refractivity contribution in [2.45, 2.75) is 117 Å². The van der Waals surface area contributed by atoms with Gasteiger partial charge in [-0.3, -0.25) is 4.79 Å². The lowest BCUT2D eigenvalue weighted by atomic mass is 10.1. The first-order chi connectivity index (χ1) is 27.5. The van der Waals surface area contributed by atoms with Crippen molar-refractivity contribution >= 4 is 17.6 Å². The van der Waals surface area contributed by atoms with E-state index in [0.29, 0.717) is 37.6 Å². The second kappa shape index (κ2) is 26.6. The maximum Gasteiger partial charge on any atom is 0.343 e. The average Bonchev–Trinajstić information content (AvgIpc) is 3.22. The molecule has 0 fully saturated rings. The summed E-state index contributed by atoms with van der Waals surface area (Å²) >= 11 is 0. The fraction of sp³-hybridized carbons (Fsp3) is 0.429. The summed E-state index contributed by atoms with van der Waals surface area (Å²) in [6.07, 6.45) is 17.7. The molecule has 0 saturated heterocycles. The molecule has 0 aliphatic rings. The average molecular weight is 760 g/mol. The van der Waals surface area contributed by atoms with Crippen LogP contribution < -0.4 is 24.3 Å². The molecule has 4 rings (SSSR count). The highest BCUT2D eigenvalue weighted by Crippen LogP contribution is 2.20. The van der Waals surface area contributed by atoms with Gasteiger partial charge >= 0.3 is 5.97 Å². The van der Waals surface area contributed by atoms with Gasteiger partial charge in [0.15, 0.2) is 0 Å². The normalized spacial score (nSPS) is 10.6. The summed E-state index contributed by atoms with van der Waals surface area (Å²) in [6, 6.07) is 29.6. The van der Waals surface area contributed by atoms with Crippen LogP contribution in [0, 0.1) is 11.8 Å². The molecule has 298 valence electrons. The molecule has 1 amide bonds. The molecule has 0 saturated carbocycles. The van der Waals surface area contributed by atoms with Gasteiger partial charge in [0.2, 0.25) is 5.91 Å². The number of nitrogens with one attached hydrogen (secondary N) is 1. The lowest BCUT2D eigenvalue weighted by Gasteiger charge is -2.10. The quantitative estimate of drug-likeness (QED) is 0.0297. The van der Waals surface area contributed by atoms with E-state index in [9.17, 15) is 9.59 Å². The Labute approximate surface area is 335 Å². The standard InChI is InChI=1S/C49H61NO6/c1-3-5-7-9-11-15-36-54-45-34-28-42(29-35-45)49(52)56-46-32-26-41(27-33-46)23-22-40-24-30-44(31-25-40)53-37-17-13-14-21-48(51)50-43-19-18-20-47(39-43)55-38-16-12-10-8-6-4-2/h18-20,24-35,39H,3-17,21,36-38H2,1-2H3,(H,50,51). The van der Waals surface area contributed by atoms with Crippen molar-refractivity contribution in [1.82, 2.24) is 0 Å². The van der Waals surface area contributed by atoms with Crippen molar-refractivity contribution < 1.29 is 28.5 Å². The SMILES string of the molecule is CCCCCCCCOc1ccc(C(=O)Oc2ccc(C#Cc3ccc(OCCCCCC(=O)Nc4cccc(OCCCCCCCC)c4)cc3)cc2)cc1. The summed E-state index contributed by atoms with van der Waals surface area (Å²) in [5.74, 6) is 8.72. The van der Waals surface area contributed by atoms with E-state index in [0.717, 1.165) is 66.2 Å². The molecule has 0 aliphatic heterocycles. The van der Waals surface area contributed by atoms with Gasteiger partial charge in [0.05, 0.1) is 25.4 Å². The number of unbranched alkanes of at least 4 members (excludes halogenated alkanes) is 12. The fourth-order valence-electron chi connectivity index (χ4n) is 6.02. The highest BCUT2D eigenvalue weighted by atomic mass is 16.5. The maximum absolute atomic E-state index is 12.7. The van der Waals surface area contributed by atoms with E-state index in [1.807, 2.05) is 72.8 Å². The summed E-state index contributed by atoms with van der Waals surface area (Å²) in [5, 5.41) is 2.99. The molecule has 4 aromatic rings. The van der Waals surface area contributed by atoms with Crippen LogP contribution in [0.15, 0.2) is 97.1 Å². The van der Waals surface area contributed by atoms with Crippen LogP contribution in [0.25, 0.3) is 0 Å². The van der Waals surface area contributed by atoms with Crippen LogP contribution in [-0.2, 0) is 4.79 Å². The predicted octanol–water partition coefficient (Wildman–Crippen LogP) is 12.4. The Morgan fingerprint density at radius 2 is 0.964 bits per heavy atom. The Morgan fingerprint density at radius 3 is 1.52 bits per heavy atom. The van der Waals surface area contributed by atoms with E-state index in [1.54, 1.807) is 24.3 Å². The lowest BCUT2D eigenvalue weighted by molar-refractivity contribution is -0.116. The van der Waals surface area contributed by atoms with Gasteiger partial charge in [-0.1, -0.05) is 96.0 Å². The summed E-state index contributed by atoms with van der Waals surface area (Å²) in [4.78, 5) is 25.2. The molecule has 1 N–H and O–H groups in total. The number of rotatable bonds is 26. The van der Waals surface area contributed by atoms with E-state index >= 15 is 0 Å². The molecule has 0 bridgehead atoms. The molecule has 4 aromatic carbocycles. The van der Waals surface area contributed by atoms with E-state index in [-0.39, 0.29) is 5.91 Å². The number of hydrogen-bond acceptors (Lipinski definition) is 6. The minimum atomic E-state index is -0.418. The number of ether oxygens (including phenoxy) is 4. The third-order valence-corrected chi connectivity index (χ3v) is 9.33. The molecule has 0 heterocycles. The molecule has 0 aliphatic carbocycles. The molecule has 7 heteroatoms. The molecule has 56 heavy (non-hydrogen) atoms. The smallest absolute Gasteiger partial charge is 0.343 e. The first-order valence-electron chi connectivity index (χ1n) is 20.8. The monoisotopic (exact) mass is 759 g/mol. The molecule has 0 spiro atoms. The van der Waals surface area contributed by atoms with Crippen LogP contribution in [0.4, 0.5) is 5.69 Å². The Morgan fingerprint density at radius 1 is 0.500 bits per heavy atom. The highest BCUT2D eigenvalue weighted by molar-refractivity contribution is 5.91. The van der Waals surface area contributed by atoms with Crippen molar-refractivity contribution in [2.24, 2.45) is 0 Å². The van der Waals surface area contributed by atoms with Crippen molar-refractivity contribution in [3.8, 4) is 34.8 Å². The van der Waals surface area contributed by atoms with Crippen LogP contribution in [0.2, 0.25) is 0 Å².